The summed E-state index contributed by atoms with van der Waals surface area (Å²) in [6.45, 7) is 7.56. The molecule has 0 unspecified atom stereocenters. The Morgan fingerprint density at radius 1 is 0.415 bits per heavy atom. The predicted octanol–water partition coefficient (Wildman–Crippen LogP) is 8.87. The van der Waals surface area contributed by atoms with Gasteiger partial charge in [0.1, 0.15) is 23.0 Å². The van der Waals surface area contributed by atoms with Crippen LogP contribution in [0.4, 0.5) is 0 Å². The van der Waals surface area contributed by atoms with E-state index in [0.717, 1.165) is 60.1 Å². The molecule has 0 heterocycles. The Labute approximate surface area is 249 Å². The van der Waals surface area contributed by atoms with Gasteiger partial charge >= 0.3 is 0 Å². The average molecular weight is 610 g/mol. The van der Waals surface area contributed by atoms with Crippen LogP contribution in [0.25, 0.3) is 0 Å². The Morgan fingerprint density at radius 3 is 1.02 bits per heavy atom. The second-order valence-corrected chi connectivity index (χ2v) is 11.7. The Kier molecular flexibility index (Phi) is 7.83. The molecular formula is C36H33BrO4. The minimum Gasteiger partial charge on any atom is -0.508 e. The van der Waals surface area contributed by atoms with Crippen molar-refractivity contribution >= 4 is 15.9 Å². The number of aryl methyl sites for hydroxylation is 4. The third-order valence-corrected chi connectivity index (χ3v) is 8.57. The van der Waals surface area contributed by atoms with E-state index >= 15 is 0 Å². The smallest absolute Gasteiger partial charge is 0.118 e. The van der Waals surface area contributed by atoms with E-state index in [4.69, 9.17) is 0 Å². The first kappa shape index (κ1) is 28.3. The third kappa shape index (κ3) is 5.68. The van der Waals surface area contributed by atoms with Crippen LogP contribution in [0.3, 0.4) is 0 Å². The quantitative estimate of drug-likeness (QED) is 0.145. The molecule has 5 aromatic rings. The molecule has 0 saturated heterocycles. The molecule has 0 aliphatic carbocycles. The molecular weight excluding hydrogens is 576 g/mol. The van der Waals surface area contributed by atoms with Gasteiger partial charge in [0, 0.05) is 16.3 Å². The number of halogens is 1. The highest BCUT2D eigenvalue weighted by atomic mass is 79.9. The first-order chi connectivity index (χ1) is 19.5. The van der Waals surface area contributed by atoms with E-state index in [2.05, 4.69) is 34.1 Å². The van der Waals surface area contributed by atoms with Crippen LogP contribution in [0.5, 0.6) is 23.0 Å². The second-order valence-electron chi connectivity index (χ2n) is 10.8. The fraction of sp³-hybridized carbons (Fsp3) is 0.167. The first-order valence-electron chi connectivity index (χ1n) is 13.5. The number of phenols is 4. The van der Waals surface area contributed by atoms with Crippen molar-refractivity contribution in [1.29, 1.82) is 0 Å². The highest BCUT2D eigenvalue weighted by Crippen LogP contribution is 2.42. The molecule has 41 heavy (non-hydrogen) atoms. The van der Waals surface area contributed by atoms with Crippen molar-refractivity contribution in [2.45, 2.75) is 39.5 Å². The number of rotatable bonds is 6. The van der Waals surface area contributed by atoms with Gasteiger partial charge in [-0.1, -0.05) is 76.6 Å². The molecule has 0 saturated carbocycles. The molecule has 4 N–H and O–H groups in total. The maximum Gasteiger partial charge on any atom is 0.118 e. The molecule has 0 aliphatic rings. The van der Waals surface area contributed by atoms with Crippen molar-refractivity contribution in [1.82, 2.24) is 0 Å². The SMILES string of the molecule is Cc1cc(C(c2ccc(O)c(C)c2)c2ccc(C(c3ccc(O)c(C)c3)c3ccc(O)c(C)c3)c(Br)c2)ccc1O. The number of phenolic OH excluding ortho intramolecular Hbond substituents is 4. The van der Waals surface area contributed by atoms with E-state index in [1.54, 1.807) is 24.3 Å². The summed E-state index contributed by atoms with van der Waals surface area (Å²) >= 11 is 3.90. The maximum atomic E-state index is 10.2. The van der Waals surface area contributed by atoms with Crippen LogP contribution in [0.2, 0.25) is 0 Å². The van der Waals surface area contributed by atoms with E-state index in [1.807, 2.05) is 76.2 Å². The third-order valence-electron chi connectivity index (χ3n) is 7.89. The largest absolute Gasteiger partial charge is 0.508 e. The zero-order valence-corrected chi connectivity index (χ0v) is 25.1. The van der Waals surface area contributed by atoms with Gasteiger partial charge in [0.25, 0.3) is 0 Å². The lowest BCUT2D eigenvalue weighted by atomic mass is 9.80. The molecule has 0 aliphatic heterocycles. The van der Waals surface area contributed by atoms with Crippen molar-refractivity contribution in [3.8, 4) is 23.0 Å². The van der Waals surface area contributed by atoms with Crippen LogP contribution in [-0.4, -0.2) is 20.4 Å². The van der Waals surface area contributed by atoms with Crippen molar-refractivity contribution in [2.24, 2.45) is 0 Å². The standard InChI is InChI=1S/C36H33BrO4/c1-20-15-24(6-11-31(20)38)35(25-7-12-32(39)21(2)16-25)28-5-10-29(30(37)19-28)36(26-8-13-33(40)22(3)17-26)27-9-14-34(41)23(4)18-27/h5-19,35-36,38-41H,1-4H3. The van der Waals surface area contributed by atoms with Crippen LogP contribution in [0, 0.1) is 27.7 Å². The molecule has 0 aromatic heterocycles. The number of hydrogen-bond donors (Lipinski definition) is 4. The molecule has 0 spiro atoms. The summed E-state index contributed by atoms with van der Waals surface area (Å²) in [5, 5.41) is 40.8. The van der Waals surface area contributed by atoms with Gasteiger partial charge in [0.2, 0.25) is 0 Å². The molecule has 4 nitrogen and oxygen atoms in total. The lowest BCUT2D eigenvalue weighted by molar-refractivity contribution is 0.470. The molecule has 0 amide bonds. The number of hydrogen-bond acceptors (Lipinski definition) is 4. The van der Waals surface area contributed by atoms with Crippen molar-refractivity contribution in [3.05, 3.63) is 151 Å². The molecule has 208 valence electrons. The van der Waals surface area contributed by atoms with Crippen molar-refractivity contribution in [3.63, 3.8) is 0 Å². The van der Waals surface area contributed by atoms with Gasteiger partial charge in [-0.25, -0.2) is 0 Å². The summed E-state index contributed by atoms with van der Waals surface area (Å²) in [7, 11) is 0. The maximum absolute atomic E-state index is 10.2. The Hall–Kier alpha value is -4.22. The predicted molar refractivity (Wildman–Crippen MR) is 167 cm³/mol. The second kappa shape index (κ2) is 11.3. The van der Waals surface area contributed by atoms with Gasteiger partial charge < -0.3 is 20.4 Å². The zero-order chi connectivity index (χ0) is 29.4. The molecule has 0 bridgehead atoms. The molecule has 0 fully saturated rings. The van der Waals surface area contributed by atoms with E-state index in [1.165, 1.54) is 0 Å². The molecule has 5 heteroatoms. The summed E-state index contributed by atoms with van der Waals surface area (Å²) in [6, 6.07) is 29.1. The minimum atomic E-state index is -0.151. The molecule has 5 rings (SSSR count). The van der Waals surface area contributed by atoms with Gasteiger partial charge in [0.15, 0.2) is 0 Å². The Bertz CT molecular complexity index is 1650. The van der Waals surface area contributed by atoms with Gasteiger partial charge in [-0.2, -0.15) is 0 Å². The summed E-state index contributed by atoms with van der Waals surface area (Å²) in [5.74, 6) is 0.718. The van der Waals surface area contributed by atoms with Gasteiger partial charge in [-0.3, -0.25) is 0 Å². The van der Waals surface area contributed by atoms with Crippen LogP contribution in [-0.2, 0) is 0 Å². The van der Waals surface area contributed by atoms with Crippen LogP contribution >= 0.6 is 15.9 Å². The normalized spacial score (nSPS) is 11.4. The lowest BCUT2D eigenvalue weighted by Crippen LogP contribution is -2.08. The summed E-state index contributed by atoms with van der Waals surface area (Å²) in [5.41, 5.74) is 9.40. The number of benzene rings is 5. The van der Waals surface area contributed by atoms with E-state index < -0.39 is 0 Å². The fourth-order valence-electron chi connectivity index (χ4n) is 5.52. The Morgan fingerprint density at radius 2 is 0.707 bits per heavy atom. The Balaban J connectivity index is 1.68. The van der Waals surface area contributed by atoms with Crippen LogP contribution < -0.4 is 0 Å². The monoisotopic (exact) mass is 608 g/mol. The first-order valence-corrected chi connectivity index (χ1v) is 14.3. The summed E-state index contributed by atoms with van der Waals surface area (Å²) in [6.07, 6.45) is 0. The topological polar surface area (TPSA) is 80.9 Å². The van der Waals surface area contributed by atoms with Gasteiger partial charge in [0.05, 0.1) is 0 Å². The summed E-state index contributed by atoms with van der Waals surface area (Å²) < 4.78 is 0.924. The van der Waals surface area contributed by atoms with Gasteiger partial charge in [-0.05, 0) is 114 Å². The lowest BCUT2D eigenvalue weighted by Gasteiger charge is -2.25. The number of aromatic hydroxyl groups is 4. The molecule has 0 radical (unpaired) electrons. The minimum absolute atomic E-state index is 0.135. The van der Waals surface area contributed by atoms with E-state index in [0.29, 0.717) is 0 Å². The van der Waals surface area contributed by atoms with E-state index in [-0.39, 0.29) is 34.8 Å². The zero-order valence-electron chi connectivity index (χ0n) is 23.5. The van der Waals surface area contributed by atoms with Crippen LogP contribution in [0.1, 0.15) is 67.5 Å². The molecule has 0 atom stereocenters. The highest BCUT2D eigenvalue weighted by Gasteiger charge is 2.24. The average Bonchev–Trinajstić information content (AvgIpc) is 2.93. The van der Waals surface area contributed by atoms with Gasteiger partial charge in [-0.15, -0.1) is 0 Å². The molecule has 5 aromatic carbocycles. The fourth-order valence-corrected chi connectivity index (χ4v) is 6.14. The van der Waals surface area contributed by atoms with E-state index in [9.17, 15) is 20.4 Å². The van der Waals surface area contributed by atoms with Crippen molar-refractivity contribution in [2.75, 3.05) is 0 Å². The highest BCUT2D eigenvalue weighted by molar-refractivity contribution is 9.10. The van der Waals surface area contributed by atoms with Crippen LogP contribution in [0.15, 0.2) is 95.5 Å². The summed E-state index contributed by atoms with van der Waals surface area (Å²) in [4.78, 5) is 0. The van der Waals surface area contributed by atoms with Crippen molar-refractivity contribution < 1.29 is 20.4 Å².